The Labute approximate surface area is 144 Å². The number of allylic oxidation sites excluding steroid dienone is 1. The van der Waals surface area contributed by atoms with E-state index >= 15 is 0 Å². The van der Waals surface area contributed by atoms with Gasteiger partial charge in [0.2, 0.25) is 0 Å². The van der Waals surface area contributed by atoms with Gasteiger partial charge >= 0.3 is 5.97 Å². The average Bonchev–Trinajstić information content (AvgIpc) is 2.72. The molecule has 2 rings (SSSR count). The molecule has 1 unspecified atom stereocenters. The molecule has 1 aliphatic heterocycles. The largest absolute Gasteiger partial charge is 0.468 e. The maximum Gasteiger partial charge on any atom is 0.324 e. The number of esters is 1. The van der Waals surface area contributed by atoms with Crippen LogP contribution in [0.25, 0.3) is 0 Å². The Kier molecular flexibility index (Phi) is 6.00. The van der Waals surface area contributed by atoms with Crippen LogP contribution in [0.2, 0.25) is 19.1 Å². The summed E-state index contributed by atoms with van der Waals surface area (Å²) in [5.41, 5.74) is 0. The van der Waals surface area contributed by atoms with Crippen molar-refractivity contribution in [2.75, 3.05) is 7.11 Å². The fourth-order valence-corrected chi connectivity index (χ4v) is 6.41. The van der Waals surface area contributed by atoms with Crippen LogP contribution >= 0.6 is 0 Å². The van der Waals surface area contributed by atoms with Gasteiger partial charge in [0.1, 0.15) is 0 Å². The van der Waals surface area contributed by atoms with E-state index in [2.05, 4.69) is 19.2 Å². The van der Waals surface area contributed by atoms with Gasteiger partial charge < -0.3 is 9.16 Å². The number of hydrogen-bond donors (Lipinski definition) is 0. The van der Waals surface area contributed by atoms with E-state index in [9.17, 15) is 13.2 Å². The molecule has 1 aliphatic rings. The molecule has 0 bridgehead atoms. The van der Waals surface area contributed by atoms with Crippen LogP contribution in [0, 0.1) is 0 Å². The predicted molar refractivity (Wildman–Crippen MR) is 95.0 cm³/mol. The monoisotopic (exact) mass is 368 g/mol. The van der Waals surface area contributed by atoms with E-state index < -0.39 is 29.4 Å². The summed E-state index contributed by atoms with van der Waals surface area (Å²) < 4.78 is 36.7. The molecule has 0 aromatic heterocycles. The highest BCUT2D eigenvalue weighted by molar-refractivity contribution is 7.92. The van der Waals surface area contributed by atoms with Crippen LogP contribution in [0.5, 0.6) is 0 Å². The Morgan fingerprint density at radius 1 is 1.29 bits per heavy atom. The molecule has 0 radical (unpaired) electrons. The van der Waals surface area contributed by atoms with Crippen molar-refractivity contribution in [3.05, 3.63) is 42.5 Å². The summed E-state index contributed by atoms with van der Waals surface area (Å²) in [6.45, 7) is 4.18. The Hall–Kier alpha value is -1.44. The van der Waals surface area contributed by atoms with Crippen LogP contribution in [0.3, 0.4) is 0 Å². The smallest absolute Gasteiger partial charge is 0.324 e. The third kappa shape index (κ3) is 4.55. The van der Waals surface area contributed by atoms with Crippen LogP contribution in [0.4, 0.5) is 0 Å². The van der Waals surface area contributed by atoms with Gasteiger partial charge in [0.05, 0.1) is 18.1 Å². The van der Waals surface area contributed by atoms with Crippen molar-refractivity contribution in [2.24, 2.45) is 0 Å². The number of benzene rings is 1. The normalized spacial score (nSPS) is 21.7. The van der Waals surface area contributed by atoms with Gasteiger partial charge in [-0.05, 0) is 37.7 Å². The van der Waals surface area contributed by atoms with Crippen molar-refractivity contribution in [3.8, 4) is 0 Å². The average molecular weight is 369 g/mol. The lowest BCUT2D eigenvalue weighted by Gasteiger charge is -2.28. The van der Waals surface area contributed by atoms with Crippen LogP contribution in [-0.2, 0) is 23.8 Å². The van der Waals surface area contributed by atoms with Gasteiger partial charge in [0.25, 0.3) is 0 Å². The van der Waals surface area contributed by atoms with E-state index in [0.29, 0.717) is 6.42 Å². The zero-order valence-electron chi connectivity index (χ0n) is 14.3. The summed E-state index contributed by atoms with van der Waals surface area (Å²) in [4.78, 5) is 12.3. The van der Waals surface area contributed by atoms with Gasteiger partial charge in [-0.25, -0.2) is 8.42 Å². The SMILES string of the molecule is COC(=O)C(C[C@@H]1CC=CC[Si](C)(C)O1)S(=O)(=O)c1ccccc1. The highest BCUT2D eigenvalue weighted by Gasteiger charge is 2.38. The number of sulfone groups is 1. The minimum absolute atomic E-state index is 0.102. The second-order valence-corrected chi connectivity index (χ2v) is 12.8. The van der Waals surface area contributed by atoms with Gasteiger partial charge in [-0.1, -0.05) is 30.4 Å². The van der Waals surface area contributed by atoms with Crippen LogP contribution in [0.15, 0.2) is 47.4 Å². The molecule has 1 aromatic carbocycles. The molecule has 24 heavy (non-hydrogen) atoms. The molecule has 0 spiro atoms. The lowest BCUT2D eigenvalue weighted by atomic mass is 10.1. The standard InChI is InChI=1S/C17H24O5SSi/c1-21-17(18)16(23(19,20)15-10-5-4-6-11-15)13-14-9-7-8-12-24(2,3)22-14/h4-8,10-11,14,16H,9,12-13H2,1-3H3/t14-,16?/m0/s1. The highest BCUT2D eigenvalue weighted by atomic mass is 32.2. The zero-order valence-corrected chi connectivity index (χ0v) is 16.1. The molecule has 132 valence electrons. The number of hydrogen-bond acceptors (Lipinski definition) is 5. The Bertz CT molecular complexity index is 697. The molecule has 5 nitrogen and oxygen atoms in total. The predicted octanol–water partition coefficient (Wildman–Crippen LogP) is 2.94. The summed E-state index contributed by atoms with van der Waals surface area (Å²) in [5, 5.41) is -1.26. The molecule has 0 amide bonds. The Morgan fingerprint density at radius 3 is 2.58 bits per heavy atom. The molecule has 7 heteroatoms. The zero-order chi connectivity index (χ0) is 17.8. The first-order chi connectivity index (χ1) is 11.3. The first-order valence-electron chi connectivity index (χ1n) is 7.96. The van der Waals surface area contributed by atoms with E-state index in [0.717, 1.165) is 6.04 Å². The molecular formula is C17H24O5SSi. The first kappa shape index (κ1) is 18.9. The van der Waals surface area contributed by atoms with Crippen molar-refractivity contribution in [2.45, 2.75) is 48.2 Å². The second-order valence-electron chi connectivity index (χ2n) is 6.52. The summed E-state index contributed by atoms with van der Waals surface area (Å²) in [6, 6.07) is 8.90. The second kappa shape index (κ2) is 7.63. The summed E-state index contributed by atoms with van der Waals surface area (Å²) in [5.74, 6) is -0.741. The third-order valence-corrected chi connectivity index (χ3v) is 8.30. The minimum Gasteiger partial charge on any atom is -0.468 e. The topological polar surface area (TPSA) is 69.7 Å². The van der Waals surface area contributed by atoms with E-state index in [1.165, 1.54) is 19.2 Å². The van der Waals surface area contributed by atoms with Crippen molar-refractivity contribution in [3.63, 3.8) is 0 Å². The Balaban J connectivity index is 2.29. The van der Waals surface area contributed by atoms with Crippen LogP contribution in [-0.4, -0.2) is 41.2 Å². The van der Waals surface area contributed by atoms with Gasteiger partial charge in [-0.2, -0.15) is 0 Å². The van der Waals surface area contributed by atoms with Gasteiger partial charge in [-0.3, -0.25) is 4.79 Å². The number of carbonyl (C=O) groups excluding carboxylic acids is 1. The van der Waals surface area contributed by atoms with E-state index in [1.54, 1.807) is 18.2 Å². The maximum absolute atomic E-state index is 12.9. The molecule has 0 saturated heterocycles. The number of methoxy groups -OCH3 is 1. The summed E-state index contributed by atoms with van der Waals surface area (Å²) in [6.07, 6.45) is 4.51. The molecule has 1 aromatic rings. The molecule has 2 atom stereocenters. The lowest BCUT2D eigenvalue weighted by Crippen LogP contribution is -2.39. The molecule has 0 N–H and O–H groups in total. The molecule has 0 saturated carbocycles. The fourth-order valence-electron chi connectivity index (χ4n) is 2.80. The molecular weight excluding hydrogens is 344 g/mol. The maximum atomic E-state index is 12.9. The lowest BCUT2D eigenvalue weighted by molar-refractivity contribution is -0.140. The van der Waals surface area contributed by atoms with Crippen LogP contribution in [0.1, 0.15) is 12.8 Å². The van der Waals surface area contributed by atoms with Crippen LogP contribution < -0.4 is 0 Å². The fraction of sp³-hybridized carbons (Fsp3) is 0.471. The van der Waals surface area contributed by atoms with E-state index in [-0.39, 0.29) is 17.4 Å². The molecule has 0 aliphatic carbocycles. The van der Waals surface area contributed by atoms with Gasteiger partial charge in [0.15, 0.2) is 23.4 Å². The molecule has 1 heterocycles. The summed E-state index contributed by atoms with van der Waals surface area (Å²) >= 11 is 0. The number of carbonyl (C=O) groups is 1. The van der Waals surface area contributed by atoms with Crippen molar-refractivity contribution < 1.29 is 22.4 Å². The third-order valence-electron chi connectivity index (χ3n) is 4.05. The number of ether oxygens (including phenoxy) is 1. The Morgan fingerprint density at radius 2 is 1.96 bits per heavy atom. The van der Waals surface area contributed by atoms with Crippen molar-refractivity contribution >= 4 is 24.1 Å². The quantitative estimate of drug-likeness (QED) is 0.454. The first-order valence-corrected chi connectivity index (χ1v) is 12.6. The van der Waals surface area contributed by atoms with Gasteiger partial charge in [-0.15, -0.1) is 0 Å². The van der Waals surface area contributed by atoms with Crippen molar-refractivity contribution in [1.82, 2.24) is 0 Å². The van der Waals surface area contributed by atoms with Crippen molar-refractivity contribution in [1.29, 1.82) is 0 Å². The van der Waals surface area contributed by atoms with E-state index in [1.807, 2.05) is 6.08 Å². The van der Waals surface area contributed by atoms with E-state index in [4.69, 9.17) is 9.16 Å². The van der Waals surface area contributed by atoms with Gasteiger partial charge in [0, 0.05) is 6.42 Å². The minimum atomic E-state index is -3.82. The summed E-state index contributed by atoms with van der Waals surface area (Å²) in [7, 11) is -4.50. The highest BCUT2D eigenvalue weighted by Crippen LogP contribution is 2.27. The number of rotatable bonds is 5. The molecule has 0 fully saturated rings.